The van der Waals surface area contributed by atoms with E-state index in [9.17, 15) is 48.9 Å². The average molecular weight is 880 g/mol. The lowest BCUT2D eigenvalue weighted by atomic mass is 10.00. The SMILES string of the molecule is CC(C)C1NC(=O)C2CCCN2C(=O)C2CCCN2C(=O)C(Cc2ccc(O)cc2)NC(=O)C(Cc2ccc(O)cc2)NC(=O)C(Cc2ccc(O)cc2)NC(=O)C2CCCN2C1=O. The maximum absolute atomic E-state index is 14.8. The van der Waals surface area contributed by atoms with Crippen molar-refractivity contribution in [2.75, 3.05) is 19.6 Å². The molecule has 7 N–H and O–H groups in total. The number of nitrogens with one attached hydrogen (secondary N) is 4. The Kier molecular flexibility index (Phi) is 14.0. The van der Waals surface area contributed by atoms with Crippen molar-refractivity contribution in [3.8, 4) is 17.2 Å². The number of phenols is 3. The van der Waals surface area contributed by atoms with Crippen LogP contribution in [-0.4, -0.2) is 133 Å². The largest absolute Gasteiger partial charge is 0.508 e. The van der Waals surface area contributed by atoms with Crippen molar-refractivity contribution in [2.24, 2.45) is 5.92 Å². The molecule has 17 heteroatoms. The van der Waals surface area contributed by atoms with E-state index in [4.69, 9.17) is 0 Å². The van der Waals surface area contributed by atoms with Crippen molar-refractivity contribution in [1.29, 1.82) is 0 Å². The smallest absolute Gasteiger partial charge is 0.246 e. The first-order valence-electron chi connectivity index (χ1n) is 22.1. The fourth-order valence-corrected chi connectivity index (χ4v) is 9.26. The molecule has 0 saturated carbocycles. The third-order valence-electron chi connectivity index (χ3n) is 12.7. The van der Waals surface area contributed by atoms with Crippen molar-refractivity contribution in [3.05, 3.63) is 89.5 Å². The van der Waals surface area contributed by atoms with Crippen LogP contribution in [0, 0.1) is 5.92 Å². The number of hydrogen-bond acceptors (Lipinski definition) is 10. The maximum atomic E-state index is 14.8. The van der Waals surface area contributed by atoms with Crippen molar-refractivity contribution in [2.45, 2.75) is 114 Å². The third kappa shape index (κ3) is 10.4. The number of nitrogens with zero attached hydrogens (tertiary/aromatic N) is 3. The molecule has 7 amide bonds. The van der Waals surface area contributed by atoms with Gasteiger partial charge in [-0.1, -0.05) is 50.2 Å². The highest BCUT2D eigenvalue weighted by Crippen LogP contribution is 2.28. The molecule has 64 heavy (non-hydrogen) atoms. The number of hydrogen-bond donors (Lipinski definition) is 7. The highest BCUT2D eigenvalue weighted by Gasteiger charge is 2.46. The minimum atomic E-state index is -1.34. The zero-order valence-corrected chi connectivity index (χ0v) is 36.1. The monoisotopic (exact) mass is 879 g/mol. The number of carbonyl (C=O) groups is 7. The Morgan fingerprint density at radius 2 is 0.797 bits per heavy atom. The zero-order chi connectivity index (χ0) is 45.7. The van der Waals surface area contributed by atoms with Crippen molar-refractivity contribution in [1.82, 2.24) is 36.0 Å². The van der Waals surface area contributed by atoms with Crippen LogP contribution in [0.1, 0.15) is 69.1 Å². The van der Waals surface area contributed by atoms with Crippen molar-refractivity contribution < 1.29 is 48.9 Å². The number of rotatable bonds is 7. The number of fused-ring (bicyclic) bond motifs is 3. The Balaban J connectivity index is 1.29. The van der Waals surface area contributed by atoms with Crippen LogP contribution in [0.5, 0.6) is 17.2 Å². The summed E-state index contributed by atoms with van der Waals surface area (Å²) in [6.07, 6.45) is 2.24. The van der Waals surface area contributed by atoms with Crippen LogP contribution >= 0.6 is 0 Å². The third-order valence-corrected chi connectivity index (χ3v) is 12.7. The summed E-state index contributed by atoms with van der Waals surface area (Å²) < 4.78 is 0. The van der Waals surface area contributed by atoms with Gasteiger partial charge in [0, 0.05) is 38.9 Å². The molecule has 4 heterocycles. The average Bonchev–Trinajstić information content (AvgIpc) is 4.08. The lowest BCUT2D eigenvalue weighted by Gasteiger charge is -2.34. The number of phenolic OH excluding ortho intramolecular Hbond substituents is 3. The van der Waals surface area contributed by atoms with Gasteiger partial charge < -0.3 is 51.3 Å². The Hall–Kier alpha value is -6.65. The molecule has 7 rings (SSSR count). The fraction of sp³-hybridized carbons (Fsp3) is 0.468. The van der Waals surface area contributed by atoms with Gasteiger partial charge in [-0.25, -0.2) is 0 Å². The van der Waals surface area contributed by atoms with Gasteiger partial charge in [-0.15, -0.1) is 0 Å². The molecule has 0 radical (unpaired) electrons. The summed E-state index contributed by atoms with van der Waals surface area (Å²) in [6.45, 7) is 4.26. The number of amides is 7. The van der Waals surface area contributed by atoms with Crippen LogP contribution in [0.2, 0.25) is 0 Å². The Morgan fingerprint density at radius 3 is 1.23 bits per heavy atom. The topological polar surface area (TPSA) is 238 Å². The van der Waals surface area contributed by atoms with Crippen LogP contribution in [0.3, 0.4) is 0 Å². The van der Waals surface area contributed by atoms with Gasteiger partial charge in [0.2, 0.25) is 41.4 Å². The van der Waals surface area contributed by atoms with Gasteiger partial charge in [-0.05, 0) is 97.5 Å². The molecule has 3 aromatic carbocycles. The summed E-state index contributed by atoms with van der Waals surface area (Å²) >= 11 is 0. The van der Waals surface area contributed by atoms with Crippen LogP contribution in [0.25, 0.3) is 0 Å². The highest BCUT2D eigenvalue weighted by molar-refractivity contribution is 5.99. The Labute approximate surface area is 371 Å². The summed E-state index contributed by atoms with van der Waals surface area (Å²) in [6, 6.07) is 10.5. The molecule has 4 fully saturated rings. The van der Waals surface area contributed by atoms with Crippen LogP contribution in [0.4, 0.5) is 0 Å². The fourth-order valence-electron chi connectivity index (χ4n) is 9.26. The van der Waals surface area contributed by atoms with E-state index in [2.05, 4.69) is 21.3 Å². The first-order chi connectivity index (χ1) is 30.7. The second-order valence-electron chi connectivity index (χ2n) is 17.6. The second kappa shape index (κ2) is 19.8. The van der Waals surface area contributed by atoms with Crippen LogP contribution in [-0.2, 0) is 52.8 Å². The van der Waals surface area contributed by atoms with E-state index in [1.165, 1.54) is 51.1 Å². The van der Waals surface area contributed by atoms with Crippen molar-refractivity contribution >= 4 is 41.4 Å². The molecule has 17 nitrogen and oxygen atoms in total. The number of benzene rings is 3. The quantitative estimate of drug-likeness (QED) is 0.180. The maximum Gasteiger partial charge on any atom is 0.246 e. The van der Waals surface area contributed by atoms with E-state index in [1.807, 2.05) is 0 Å². The number of carbonyl (C=O) groups excluding carboxylic acids is 7. The van der Waals surface area contributed by atoms with Gasteiger partial charge >= 0.3 is 0 Å². The van der Waals surface area contributed by atoms with E-state index in [-0.39, 0.29) is 62.6 Å². The summed E-state index contributed by atoms with van der Waals surface area (Å²) in [4.78, 5) is 106. The minimum Gasteiger partial charge on any atom is -0.508 e. The summed E-state index contributed by atoms with van der Waals surface area (Å²) in [7, 11) is 0. The summed E-state index contributed by atoms with van der Waals surface area (Å²) in [5.74, 6) is -4.49. The second-order valence-corrected chi connectivity index (χ2v) is 17.6. The molecule has 0 bridgehead atoms. The molecule has 3 aromatic rings. The van der Waals surface area contributed by atoms with E-state index in [0.29, 0.717) is 48.8 Å². The van der Waals surface area contributed by atoms with E-state index >= 15 is 0 Å². The first kappa shape index (κ1) is 45.4. The molecule has 4 aliphatic rings. The summed E-state index contributed by atoms with van der Waals surface area (Å²) in [5, 5.41) is 41.5. The van der Waals surface area contributed by atoms with Gasteiger partial charge in [0.1, 0.15) is 59.5 Å². The normalized spacial score (nSPS) is 26.4. The molecule has 4 saturated heterocycles. The highest BCUT2D eigenvalue weighted by atomic mass is 16.3. The molecule has 0 spiro atoms. The van der Waals surface area contributed by atoms with E-state index in [0.717, 1.165) is 0 Å². The molecule has 4 aliphatic heterocycles. The predicted molar refractivity (Wildman–Crippen MR) is 232 cm³/mol. The first-order valence-corrected chi connectivity index (χ1v) is 22.1. The van der Waals surface area contributed by atoms with Gasteiger partial charge in [0.05, 0.1) is 0 Å². The predicted octanol–water partition coefficient (Wildman–Crippen LogP) is 1.41. The lowest BCUT2D eigenvalue weighted by Crippen LogP contribution is -2.60. The van der Waals surface area contributed by atoms with Crippen LogP contribution < -0.4 is 21.3 Å². The number of aromatic hydroxyl groups is 3. The molecule has 7 atom stereocenters. The van der Waals surface area contributed by atoms with Gasteiger partial charge in [-0.3, -0.25) is 33.6 Å². The zero-order valence-electron chi connectivity index (χ0n) is 36.1. The minimum absolute atomic E-state index is 0.00391. The standard InChI is InChI=1S/C47H57N7O10/c1-27(2)40-47(64)53-22-4-6-37(53)43(60)49-35(25-29-11-17-32(56)18-12-29)41(58)48-34(24-28-9-15-31(55)16-10-28)42(59)50-36(26-30-13-19-33(57)20-14-30)45(62)54-23-5-8-39(54)46(63)52-21-3-7-38(52)44(61)51-40/h9-20,27,34-40,55-57H,3-8,21-26H2,1-2H3,(H,48,58)(H,49,60)(H,50,59)(H,51,61). The Bertz CT molecular complexity index is 2220. The molecule has 7 unspecified atom stereocenters. The summed E-state index contributed by atoms with van der Waals surface area (Å²) in [5.41, 5.74) is 1.71. The van der Waals surface area contributed by atoms with Gasteiger partial charge in [0.25, 0.3) is 0 Å². The van der Waals surface area contributed by atoms with E-state index in [1.54, 1.807) is 50.2 Å². The van der Waals surface area contributed by atoms with Crippen molar-refractivity contribution in [3.63, 3.8) is 0 Å². The van der Waals surface area contributed by atoms with Gasteiger partial charge in [0.15, 0.2) is 0 Å². The molecule has 340 valence electrons. The molecule has 0 aliphatic carbocycles. The van der Waals surface area contributed by atoms with Gasteiger partial charge in [-0.2, -0.15) is 0 Å². The molecule has 0 aromatic heterocycles. The molecular weight excluding hydrogens is 823 g/mol. The molecular formula is C47H57N7O10. The Morgan fingerprint density at radius 1 is 0.453 bits per heavy atom. The lowest BCUT2D eigenvalue weighted by molar-refractivity contribution is -0.148. The van der Waals surface area contributed by atoms with E-state index < -0.39 is 89.6 Å². The van der Waals surface area contributed by atoms with Crippen LogP contribution in [0.15, 0.2) is 72.8 Å².